The van der Waals surface area contributed by atoms with Crippen LogP contribution in [0.2, 0.25) is 0 Å². The average molecular weight is 300 g/mol. The quantitative estimate of drug-likeness (QED) is 0.668. The number of hydrogen-bond acceptors (Lipinski definition) is 4. The fourth-order valence-corrected chi connectivity index (χ4v) is 2.41. The summed E-state index contributed by atoms with van der Waals surface area (Å²) in [7, 11) is 1.61. The summed E-state index contributed by atoms with van der Waals surface area (Å²) in [5, 5.41) is 11.9. The molecule has 1 aliphatic rings. The van der Waals surface area contributed by atoms with Gasteiger partial charge in [0.15, 0.2) is 0 Å². The lowest BCUT2D eigenvalue weighted by Crippen LogP contribution is -2.32. The zero-order valence-electron chi connectivity index (χ0n) is 12.9. The molecule has 0 aromatic heterocycles. The van der Waals surface area contributed by atoms with Crippen molar-refractivity contribution in [2.24, 2.45) is 0 Å². The van der Waals surface area contributed by atoms with Crippen LogP contribution in [0.4, 0.5) is 0 Å². The maximum absolute atomic E-state index is 12.1. The van der Waals surface area contributed by atoms with E-state index in [0.29, 0.717) is 6.54 Å². The minimum Gasteiger partial charge on any atom is -0.496 e. The van der Waals surface area contributed by atoms with E-state index in [1.807, 2.05) is 31.2 Å². The van der Waals surface area contributed by atoms with Gasteiger partial charge in [-0.1, -0.05) is 6.07 Å². The van der Waals surface area contributed by atoms with Crippen LogP contribution in [-0.2, 0) is 9.53 Å². The van der Waals surface area contributed by atoms with Gasteiger partial charge in [0.1, 0.15) is 17.4 Å². The van der Waals surface area contributed by atoms with E-state index in [9.17, 15) is 10.1 Å². The van der Waals surface area contributed by atoms with Gasteiger partial charge in [-0.05, 0) is 49.1 Å². The Bertz CT molecular complexity index is 611. The minimum absolute atomic E-state index is 0.0622. The molecule has 1 aromatic carbocycles. The predicted octanol–water partition coefficient (Wildman–Crippen LogP) is 2.21. The van der Waals surface area contributed by atoms with E-state index in [1.165, 1.54) is 0 Å². The number of carbonyl (C=O) groups excluding carboxylic acids is 1. The van der Waals surface area contributed by atoms with Gasteiger partial charge in [-0.15, -0.1) is 0 Å². The Morgan fingerprint density at radius 3 is 3.00 bits per heavy atom. The number of nitrogens with zero attached hydrogens (tertiary/aromatic N) is 1. The first-order chi connectivity index (χ1) is 10.6. The summed E-state index contributed by atoms with van der Waals surface area (Å²) in [6.45, 7) is 3.10. The maximum atomic E-state index is 12.1. The molecule has 5 nitrogen and oxygen atoms in total. The van der Waals surface area contributed by atoms with E-state index in [1.54, 1.807) is 13.2 Å². The van der Waals surface area contributed by atoms with E-state index in [2.05, 4.69) is 5.32 Å². The highest BCUT2D eigenvalue weighted by atomic mass is 16.5. The first kappa shape index (κ1) is 16.1. The van der Waals surface area contributed by atoms with Crippen molar-refractivity contribution in [3.05, 3.63) is 34.9 Å². The van der Waals surface area contributed by atoms with Crippen molar-refractivity contribution >= 4 is 12.0 Å². The van der Waals surface area contributed by atoms with Gasteiger partial charge in [-0.25, -0.2) is 0 Å². The summed E-state index contributed by atoms with van der Waals surface area (Å²) in [6.07, 6.45) is 3.61. The van der Waals surface area contributed by atoms with Crippen molar-refractivity contribution in [2.45, 2.75) is 25.9 Å². The van der Waals surface area contributed by atoms with Crippen molar-refractivity contribution in [3.8, 4) is 11.8 Å². The molecule has 2 rings (SSSR count). The maximum Gasteiger partial charge on any atom is 0.262 e. The fraction of sp³-hybridized carbons (Fsp3) is 0.412. The molecule has 0 aliphatic carbocycles. The summed E-state index contributed by atoms with van der Waals surface area (Å²) >= 11 is 0. The lowest BCUT2D eigenvalue weighted by molar-refractivity contribution is -0.117. The molecule has 1 saturated heterocycles. The van der Waals surface area contributed by atoms with Crippen LogP contribution in [0.1, 0.15) is 24.0 Å². The lowest BCUT2D eigenvalue weighted by atomic mass is 10.1. The average Bonchev–Trinajstić information content (AvgIpc) is 3.04. The molecule has 0 saturated carbocycles. The van der Waals surface area contributed by atoms with Gasteiger partial charge in [0.05, 0.1) is 13.2 Å². The summed E-state index contributed by atoms with van der Waals surface area (Å²) < 4.78 is 10.6. The number of carbonyl (C=O) groups is 1. The van der Waals surface area contributed by atoms with Crippen LogP contribution >= 0.6 is 0 Å². The summed E-state index contributed by atoms with van der Waals surface area (Å²) in [5.74, 6) is 0.407. The van der Waals surface area contributed by atoms with Gasteiger partial charge >= 0.3 is 0 Å². The zero-order valence-corrected chi connectivity index (χ0v) is 12.9. The number of nitrogens with one attached hydrogen (secondary N) is 1. The molecule has 1 aromatic rings. The van der Waals surface area contributed by atoms with E-state index in [-0.39, 0.29) is 17.6 Å². The second-order valence-corrected chi connectivity index (χ2v) is 5.24. The molecule has 22 heavy (non-hydrogen) atoms. The van der Waals surface area contributed by atoms with Gasteiger partial charge in [0.25, 0.3) is 5.91 Å². The van der Waals surface area contributed by atoms with Crippen LogP contribution in [0.15, 0.2) is 23.8 Å². The highest BCUT2D eigenvalue weighted by Gasteiger charge is 2.17. The summed E-state index contributed by atoms with van der Waals surface area (Å²) in [5.41, 5.74) is 1.83. The normalized spacial score (nSPS) is 17.9. The number of hydrogen-bond donors (Lipinski definition) is 1. The van der Waals surface area contributed by atoms with Gasteiger partial charge in [-0.2, -0.15) is 5.26 Å². The number of nitriles is 1. The van der Waals surface area contributed by atoms with Crippen molar-refractivity contribution < 1.29 is 14.3 Å². The van der Waals surface area contributed by atoms with E-state index < -0.39 is 0 Å². The molecule has 0 bridgehead atoms. The van der Waals surface area contributed by atoms with Crippen LogP contribution in [0, 0.1) is 18.3 Å². The van der Waals surface area contributed by atoms with Crippen molar-refractivity contribution in [2.75, 3.05) is 20.3 Å². The lowest BCUT2D eigenvalue weighted by Gasteiger charge is -2.10. The molecule has 1 fully saturated rings. The topological polar surface area (TPSA) is 71.3 Å². The molecular weight excluding hydrogens is 280 g/mol. The standard InChI is InChI=1S/C17H20N2O3/c1-12-8-13(5-6-16(12)21-2)9-14(10-18)17(20)19-11-15-4-3-7-22-15/h5-6,8-9,15H,3-4,7,11H2,1-2H3,(H,19,20)/b14-9-/t15-/m0/s1. The zero-order chi connectivity index (χ0) is 15.9. The van der Waals surface area contributed by atoms with Crippen molar-refractivity contribution in [1.29, 1.82) is 5.26 Å². The fourth-order valence-electron chi connectivity index (χ4n) is 2.41. The van der Waals surface area contributed by atoms with Gasteiger partial charge < -0.3 is 14.8 Å². The van der Waals surface area contributed by atoms with Gasteiger partial charge in [0.2, 0.25) is 0 Å². The molecule has 116 valence electrons. The molecule has 1 atom stereocenters. The molecule has 5 heteroatoms. The molecule has 0 radical (unpaired) electrons. The van der Waals surface area contributed by atoms with E-state index in [4.69, 9.17) is 9.47 Å². The summed E-state index contributed by atoms with van der Waals surface area (Å²) in [4.78, 5) is 12.1. The van der Waals surface area contributed by atoms with Crippen molar-refractivity contribution in [3.63, 3.8) is 0 Å². The Hall–Kier alpha value is -2.32. The molecule has 0 unspecified atom stereocenters. The number of benzene rings is 1. The summed E-state index contributed by atoms with van der Waals surface area (Å²) in [6, 6.07) is 7.47. The third kappa shape index (κ3) is 4.09. The first-order valence-corrected chi connectivity index (χ1v) is 7.30. The Morgan fingerprint density at radius 1 is 1.59 bits per heavy atom. The Balaban J connectivity index is 2.04. The molecule has 1 heterocycles. The predicted molar refractivity (Wildman–Crippen MR) is 83.3 cm³/mol. The van der Waals surface area contributed by atoms with Crippen LogP contribution in [0.5, 0.6) is 5.75 Å². The van der Waals surface area contributed by atoms with Crippen molar-refractivity contribution in [1.82, 2.24) is 5.32 Å². The smallest absolute Gasteiger partial charge is 0.262 e. The third-order valence-electron chi connectivity index (χ3n) is 3.61. The number of aryl methyl sites for hydroxylation is 1. The molecule has 1 N–H and O–H groups in total. The SMILES string of the molecule is COc1ccc(/C=C(/C#N)C(=O)NC[C@@H]2CCCO2)cc1C. The van der Waals surface area contributed by atoms with Crippen LogP contribution in [0.3, 0.4) is 0 Å². The molecule has 1 amide bonds. The second kappa shape index (κ2) is 7.62. The number of amides is 1. The molecule has 0 spiro atoms. The third-order valence-corrected chi connectivity index (χ3v) is 3.61. The van der Waals surface area contributed by atoms with Crippen LogP contribution in [-0.4, -0.2) is 32.3 Å². The molecule has 1 aliphatic heterocycles. The Kier molecular flexibility index (Phi) is 5.56. The van der Waals surface area contributed by atoms with Gasteiger partial charge in [-0.3, -0.25) is 4.79 Å². The van der Waals surface area contributed by atoms with E-state index >= 15 is 0 Å². The van der Waals surface area contributed by atoms with E-state index in [0.717, 1.165) is 36.3 Å². The second-order valence-electron chi connectivity index (χ2n) is 5.24. The number of rotatable bonds is 5. The monoisotopic (exact) mass is 300 g/mol. The highest BCUT2D eigenvalue weighted by Crippen LogP contribution is 2.20. The highest BCUT2D eigenvalue weighted by molar-refractivity contribution is 6.01. The largest absolute Gasteiger partial charge is 0.496 e. The molecular formula is C17H20N2O3. The van der Waals surface area contributed by atoms with Gasteiger partial charge in [0, 0.05) is 13.2 Å². The number of methoxy groups -OCH3 is 1. The first-order valence-electron chi connectivity index (χ1n) is 7.30. The Labute approximate surface area is 130 Å². The number of ether oxygens (including phenoxy) is 2. The van der Waals surface area contributed by atoms with Crippen LogP contribution < -0.4 is 10.1 Å². The minimum atomic E-state index is -0.369. The Morgan fingerprint density at radius 2 is 2.41 bits per heavy atom. The van der Waals surface area contributed by atoms with Crippen LogP contribution in [0.25, 0.3) is 6.08 Å².